The molecule has 0 bridgehead atoms. The van der Waals surface area contributed by atoms with Crippen LogP contribution in [0.15, 0.2) is 36.4 Å². The van der Waals surface area contributed by atoms with Crippen molar-refractivity contribution in [3.8, 4) is 11.3 Å². The van der Waals surface area contributed by atoms with Gasteiger partial charge in [-0.05, 0) is 25.0 Å². The fraction of sp³-hybridized carbons (Fsp3) is 0.200. The van der Waals surface area contributed by atoms with Crippen molar-refractivity contribution in [1.29, 1.82) is 0 Å². The molecule has 92 valence electrons. The zero-order valence-corrected chi connectivity index (χ0v) is 10.5. The molecule has 3 heteroatoms. The van der Waals surface area contributed by atoms with Gasteiger partial charge >= 0.3 is 5.97 Å². The van der Waals surface area contributed by atoms with E-state index < -0.39 is 5.97 Å². The third kappa shape index (κ3) is 2.25. The largest absolute Gasteiger partial charge is 0.478 e. The van der Waals surface area contributed by atoms with E-state index in [0.29, 0.717) is 11.3 Å². The second kappa shape index (κ2) is 5.00. The molecule has 0 aliphatic carbocycles. The lowest BCUT2D eigenvalue weighted by Gasteiger charge is -2.10. The smallest absolute Gasteiger partial charge is 0.338 e. The van der Waals surface area contributed by atoms with Crippen LogP contribution in [0.4, 0.5) is 0 Å². The lowest BCUT2D eigenvalue weighted by molar-refractivity contribution is 0.0696. The minimum atomic E-state index is -0.929. The summed E-state index contributed by atoms with van der Waals surface area (Å²) in [5, 5.41) is 9.33. The summed E-state index contributed by atoms with van der Waals surface area (Å²) in [5.41, 5.74) is 3.36. The molecule has 0 saturated carbocycles. The van der Waals surface area contributed by atoms with Gasteiger partial charge in [0.1, 0.15) is 0 Å². The Morgan fingerprint density at radius 3 is 2.50 bits per heavy atom. The highest BCUT2D eigenvalue weighted by molar-refractivity contribution is 5.96. The average molecular weight is 241 g/mol. The van der Waals surface area contributed by atoms with Gasteiger partial charge in [-0.2, -0.15) is 0 Å². The Labute approximate surface area is 106 Å². The van der Waals surface area contributed by atoms with Crippen molar-refractivity contribution < 1.29 is 9.90 Å². The zero-order chi connectivity index (χ0) is 13.1. The van der Waals surface area contributed by atoms with Crippen LogP contribution in [-0.4, -0.2) is 16.1 Å². The van der Waals surface area contributed by atoms with Crippen molar-refractivity contribution >= 4 is 5.97 Å². The van der Waals surface area contributed by atoms with Gasteiger partial charge in [-0.15, -0.1) is 0 Å². The highest BCUT2D eigenvalue weighted by Crippen LogP contribution is 2.25. The van der Waals surface area contributed by atoms with Gasteiger partial charge in [0.25, 0.3) is 0 Å². The second-order valence-corrected chi connectivity index (χ2v) is 4.18. The molecule has 18 heavy (non-hydrogen) atoms. The fourth-order valence-electron chi connectivity index (χ4n) is 2.00. The van der Waals surface area contributed by atoms with E-state index in [4.69, 9.17) is 0 Å². The number of pyridine rings is 1. The van der Waals surface area contributed by atoms with Crippen molar-refractivity contribution in [1.82, 2.24) is 4.98 Å². The van der Waals surface area contributed by atoms with E-state index in [1.165, 1.54) is 0 Å². The minimum absolute atomic E-state index is 0.290. The summed E-state index contributed by atoms with van der Waals surface area (Å²) in [6, 6.07) is 11.3. The van der Waals surface area contributed by atoms with Crippen molar-refractivity contribution in [2.24, 2.45) is 0 Å². The maximum absolute atomic E-state index is 11.4. The summed E-state index contributed by atoms with van der Waals surface area (Å²) < 4.78 is 0. The number of benzene rings is 1. The highest BCUT2D eigenvalue weighted by Gasteiger charge is 2.17. The molecule has 0 fully saturated rings. The SMILES string of the molecule is CCc1cc(C)c(C(=O)O)c(-c2ccccc2)n1. The first-order valence-corrected chi connectivity index (χ1v) is 5.92. The molecule has 0 amide bonds. The summed E-state index contributed by atoms with van der Waals surface area (Å²) in [6.45, 7) is 3.83. The Hall–Kier alpha value is -2.16. The first-order chi connectivity index (χ1) is 8.63. The molecule has 0 aliphatic rings. The van der Waals surface area contributed by atoms with E-state index in [1.807, 2.05) is 50.2 Å². The van der Waals surface area contributed by atoms with Gasteiger partial charge in [-0.25, -0.2) is 4.79 Å². The predicted molar refractivity (Wildman–Crippen MR) is 70.7 cm³/mol. The zero-order valence-electron chi connectivity index (χ0n) is 10.5. The summed E-state index contributed by atoms with van der Waals surface area (Å²) in [6.07, 6.45) is 0.792. The molecule has 0 atom stereocenters. The standard InChI is InChI=1S/C15H15NO2/c1-3-12-9-10(2)13(15(17)18)14(16-12)11-7-5-4-6-8-11/h4-9H,3H2,1-2H3,(H,17,18). The number of aromatic carboxylic acids is 1. The number of nitrogens with zero attached hydrogens (tertiary/aromatic N) is 1. The van der Waals surface area contributed by atoms with Gasteiger partial charge in [-0.3, -0.25) is 4.98 Å². The van der Waals surface area contributed by atoms with Crippen LogP contribution in [0, 0.1) is 6.92 Å². The van der Waals surface area contributed by atoms with Gasteiger partial charge in [0.15, 0.2) is 0 Å². The number of hydrogen-bond acceptors (Lipinski definition) is 2. The van der Waals surface area contributed by atoms with Crippen LogP contribution in [0.25, 0.3) is 11.3 Å². The Bertz CT molecular complexity index is 577. The lowest BCUT2D eigenvalue weighted by atomic mass is 10.0. The van der Waals surface area contributed by atoms with E-state index in [9.17, 15) is 9.90 Å². The molecule has 0 radical (unpaired) electrons. The quantitative estimate of drug-likeness (QED) is 0.896. The lowest BCUT2D eigenvalue weighted by Crippen LogP contribution is -2.06. The molecule has 2 rings (SSSR count). The van der Waals surface area contributed by atoms with E-state index in [2.05, 4.69) is 4.98 Å². The van der Waals surface area contributed by atoms with Crippen molar-refractivity contribution in [2.45, 2.75) is 20.3 Å². The number of hydrogen-bond donors (Lipinski definition) is 1. The van der Waals surface area contributed by atoms with Crippen LogP contribution in [0.3, 0.4) is 0 Å². The molecular weight excluding hydrogens is 226 g/mol. The van der Waals surface area contributed by atoms with E-state index in [-0.39, 0.29) is 0 Å². The van der Waals surface area contributed by atoms with Gasteiger partial charge in [-0.1, -0.05) is 37.3 Å². The van der Waals surface area contributed by atoms with E-state index in [1.54, 1.807) is 0 Å². The van der Waals surface area contributed by atoms with Crippen molar-refractivity contribution in [3.05, 3.63) is 53.2 Å². The monoisotopic (exact) mass is 241 g/mol. The molecule has 0 unspecified atom stereocenters. The maximum Gasteiger partial charge on any atom is 0.338 e. The topological polar surface area (TPSA) is 50.2 Å². The van der Waals surface area contributed by atoms with Crippen LogP contribution in [0.5, 0.6) is 0 Å². The van der Waals surface area contributed by atoms with Crippen LogP contribution < -0.4 is 0 Å². The molecule has 0 saturated heterocycles. The summed E-state index contributed by atoms with van der Waals surface area (Å²) in [5.74, 6) is -0.929. The van der Waals surface area contributed by atoms with Crippen LogP contribution >= 0.6 is 0 Å². The van der Waals surface area contributed by atoms with Crippen LogP contribution in [0.2, 0.25) is 0 Å². The first-order valence-electron chi connectivity index (χ1n) is 5.92. The highest BCUT2D eigenvalue weighted by atomic mass is 16.4. The number of aromatic nitrogens is 1. The van der Waals surface area contributed by atoms with Gasteiger partial charge in [0.05, 0.1) is 11.3 Å². The number of carboxylic acids is 1. The number of rotatable bonds is 3. The molecule has 0 aliphatic heterocycles. The van der Waals surface area contributed by atoms with E-state index >= 15 is 0 Å². The van der Waals surface area contributed by atoms with Gasteiger partial charge in [0, 0.05) is 11.3 Å². The molecule has 0 spiro atoms. The third-order valence-corrected chi connectivity index (χ3v) is 2.89. The third-order valence-electron chi connectivity index (χ3n) is 2.89. The Morgan fingerprint density at radius 1 is 1.28 bits per heavy atom. The number of carboxylic acid groups (broad SMARTS) is 1. The molecule has 2 aromatic rings. The Morgan fingerprint density at radius 2 is 1.94 bits per heavy atom. The van der Waals surface area contributed by atoms with Crippen molar-refractivity contribution in [3.63, 3.8) is 0 Å². The summed E-state index contributed by atoms with van der Waals surface area (Å²) >= 11 is 0. The van der Waals surface area contributed by atoms with Gasteiger partial charge in [0.2, 0.25) is 0 Å². The Balaban J connectivity index is 2.71. The van der Waals surface area contributed by atoms with Crippen LogP contribution in [-0.2, 0) is 6.42 Å². The molecule has 3 nitrogen and oxygen atoms in total. The molecule has 1 aromatic heterocycles. The molecule has 1 N–H and O–H groups in total. The van der Waals surface area contributed by atoms with Crippen molar-refractivity contribution in [2.75, 3.05) is 0 Å². The molecule has 1 aromatic carbocycles. The Kier molecular flexibility index (Phi) is 3.42. The number of aryl methyl sites for hydroxylation is 2. The number of carbonyl (C=O) groups is 1. The van der Waals surface area contributed by atoms with Gasteiger partial charge < -0.3 is 5.11 Å². The second-order valence-electron chi connectivity index (χ2n) is 4.18. The summed E-state index contributed by atoms with van der Waals surface area (Å²) in [7, 11) is 0. The molecule has 1 heterocycles. The fourth-order valence-corrected chi connectivity index (χ4v) is 2.00. The maximum atomic E-state index is 11.4. The van der Waals surface area contributed by atoms with E-state index in [0.717, 1.165) is 23.2 Å². The minimum Gasteiger partial charge on any atom is -0.478 e. The average Bonchev–Trinajstić information content (AvgIpc) is 2.38. The first kappa shape index (κ1) is 12.3. The predicted octanol–water partition coefficient (Wildman–Crippen LogP) is 3.32. The molecular formula is C15H15NO2. The normalized spacial score (nSPS) is 10.3. The van der Waals surface area contributed by atoms with Crippen LogP contribution in [0.1, 0.15) is 28.5 Å². The summed E-state index contributed by atoms with van der Waals surface area (Å²) in [4.78, 5) is 15.8.